The monoisotopic (exact) mass is 332 g/mol. The minimum atomic E-state index is -0.154. The van der Waals surface area contributed by atoms with Crippen molar-refractivity contribution in [1.29, 1.82) is 0 Å². The van der Waals surface area contributed by atoms with E-state index in [-0.39, 0.29) is 11.0 Å². The average Bonchev–Trinajstić information content (AvgIpc) is 2.75. The van der Waals surface area contributed by atoms with Gasteiger partial charge < -0.3 is 11.1 Å². The normalized spacial score (nSPS) is 10.6. The van der Waals surface area contributed by atoms with E-state index in [1.54, 1.807) is 18.3 Å². The van der Waals surface area contributed by atoms with Gasteiger partial charge in [-0.15, -0.1) is 11.3 Å². The number of amides is 1. The number of carbonyl (C=O) groups is 1. The molecule has 1 amide bonds. The second-order valence-corrected chi connectivity index (χ2v) is 6.25. The van der Waals surface area contributed by atoms with Gasteiger partial charge >= 0.3 is 0 Å². The lowest BCUT2D eigenvalue weighted by Crippen LogP contribution is -2.24. The van der Waals surface area contributed by atoms with Crippen LogP contribution >= 0.6 is 23.6 Å². The zero-order chi connectivity index (χ0) is 16.1. The molecule has 0 bridgehead atoms. The fraction of sp³-hybridized carbons (Fsp3) is 0.133. The van der Waals surface area contributed by atoms with E-state index < -0.39 is 0 Å². The highest BCUT2D eigenvalue weighted by Crippen LogP contribution is 2.31. The van der Waals surface area contributed by atoms with Crippen LogP contribution in [0.2, 0.25) is 0 Å². The van der Waals surface area contributed by atoms with Crippen molar-refractivity contribution >= 4 is 45.8 Å². The van der Waals surface area contributed by atoms with Crippen molar-refractivity contribution in [2.45, 2.75) is 13.8 Å². The Kier molecular flexibility index (Phi) is 5.24. The number of nitrogens with zero attached hydrogens (tertiary/aromatic N) is 1. The van der Waals surface area contributed by atoms with Gasteiger partial charge in [-0.25, -0.2) is 0 Å². The fourth-order valence-electron chi connectivity index (χ4n) is 1.82. The first kappa shape index (κ1) is 16.1. The third-order valence-electron chi connectivity index (χ3n) is 3.06. The van der Waals surface area contributed by atoms with Gasteiger partial charge in [0.05, 0.1) is 6.21 Å². The summed E-state index contributed by atoms with van der Waals surface area (Å²) in [7, 11) is 0. The summed E-state index contributed by atoms with van der Waals surface area (Å²) in [6.45, 7) is 3.97. The first-order chi connectivity index (χ1) is 10.5. The Morgan fingerprint density at radius 1 is 1.32 bits per heavy atom. The van der Waals surface area contributed by atoms with Gasteiger partial charge in [0, 0.05) is 16.0 Å². The van der Waals surface area contributed by atoms with Crippen LogP contribution in [0.5, 0.6) is 0 Å². The molecule has 1 aromatic carbocycles. The Morgan fingerprint density at radius 3 is 2.64 bits per heavy atom. The Labute approximate surface area is 138 Å². The van der Waals surface area contributed by atoms with Gasteiger partial charge in [0.2, 0.25) is 0 Å². The molecule has 0 atom stereocenters. The van der Waals surface area contributed by atoms with E-state index in [1.807, 2.05) is 32.0 Å². The second kappa shape index (κ2) is 7.15. The van der Waals surface area contributed by atoms with Crippen molar-refractivity contribution < 1.29 is 4.79 Å². The van der Waals surface area contributed by atoms with E-state index in [1.165, 1.54) is 11.3 Å². The summed E-state index contributed by atoms with van der Waals surface area (Å²) >= 11 is 6.21. The number of benzene rings is 1. The van der Waals surface area contributed by atoms with Gasteiger partial charge in [0.15, 0.2) is 5.11 Å². The van der Waals surface area contributed by atoms with Gasteiger partial charge in [-0.3, -0.25) is 10.2 Å². The van der Waals surface area contributed by atoms with Crippen molar-refractivity contribution in [3.05, 3.63) is 51.9 Å². The van der Waals surface area contributed by atoms with Crippen LogP contribution in [0.4, 0.5) is 5.00 Å². The summed E-state index contributed by atoms with van der Waals surface area (Å²) in [5.41, 5.74) is 10.4. The maximum atomic E-state index is 12.3. The lowest BCUT2D eigenvalue weighted by Gasteiger charge is -2.04. The van der Waals surface area contributed by atoms with Crippen molar-refractivity contribution in [2.24, 2.45) is 10.8 Å². The molecule has 2 rings (SSSR count). The standard InChI is InChI=1S/C15H16N4OS2/c1-9-10(2)22-14(12(9)8-17-19-15(16)21)18-13(20)11-6-4-3-5-7-11/h3-8H,1-2H3,(H,18,20)(H3,16,19,21)/b17-8-. The van der Waals surface area contributed by atoms with E-state index in [2.05, 4.69) is 15.8 Å². The minimum absolute atomic E-state index is 0.0933. The number of nitrogens with one attached hydrogen (secondary N) is 2. The summed E-state index contributed by atoms with van der Waals surface area (Å²) in [5.74, 6) is -0.154. The number of rotatable bonds is 4. The Hall–Kier alpha value is -2.25. The van der Waals surface area contributed by atoms with E-state index in [0.29, 0.717) is 5.56 Å². The van der Waals surface area contributed by atoms with Crippen LogP contribution in [0.3, 0.4) is 0 Å². The van der Waals surface area contributed by atoms with E-state index in [9.17, 15) is 4.79 Å². The third kappa shape index (κ3) is 3.90. The number of hydrogen-bond donors (Lipinski definition) is 3. The van der Waals surface area contributed by atoms with E-state index in [0.717, 1.165) is 21.0 Å². The maximum Gasteiger partial charge on any atom is 0.256 e. The minimum Gasteiger partial charge on any atom is -0.375 e. The Balaban J connectivity index is 2.24. The summed E-state index contributed by atoms with van der Waals surface area (Å²) < 4.78 is 0. The van der Waals surface area contributed by atoms with Crippen molar-refractivity contribution in [3.63, 3.8) is 0 Å². The van der Waals surface area contributed by atoms with Crippen molar-refractivity contribution in [1.82, 2.24) is 5.43 Å². The number of thiocarbonyl (C=S) groups is 1. The number of carbonyl (C=O) groups excluding carboxylic acids is 1. The molecule has 1 heterocycles. The van der Waals surface area contributed by atoms with E-state index >= 15 is 0 Å². The van der Waals surface area contributed by atoms with Crippen LogP contribution in [0.15, 0.2) is 35.4 Å². The van der Waals surface area contributed by atoms with Gasteiger partial charge in [-0.1, -0.05) is 18.2 Å². The summed E-state index contributed by atoms with van der Waals surface area (Å²) in [6, 6.07) is 9.06. The summed E-state index contributed by atoms with van der Waals surface area (Å²) in [6.07, 6.45) is 1.61. The SMILES string of the molecule is Cc1sc(NC(=O)c2ccccc2)c(/C=N\NC(N)=S)c1C. The molecular weight excluding hydrogens is 316 g/mol. The quantitative estimate of drug-likeness (QED) is 0.457. The van der Waals surface area contributed by atoms with Gasteiger partial charge in [-0.2, -0.15) is 5.10 Å². The summed E-state index contributed by atoms with van der Waals surface area (Å²) in [4.78, 5) is 13.4. The molecular formula is C15H16N4OS2. The molecule has 1 aromatic heterocycles. The number of thiophene rings is 1. The lowest BCUT2D eigenvalue weighted by atomic mass is 10.1. The predicted molar refractivity (Wildman–Crippen MR) is 95.7 cm³/mol. The van der Waals surface area contributed by atoms with Crippen LogP contribution in [0.1, 0.15) is 26.4 Å². The molecule has 0 saturated heterocycles. The van der Waals surface area contributed by atoms with Crippen molar-refractivity contribution in [2.75, 3.05) is 5.32 Å². The Morgan fingerprint density at radius 2 is 2.00 bits per heavy atom. The molecule has 5 nitrogen and oxygen atoms in total. The predicted octanol–water partition coefficient (Wildman–Crippen LogP) is 2.78. The molecule has 0 unspecified atom stereocenters. The highest BCUT2D eigenvalue weighted by molar-refractivity contribution is 7.80. The van der Waals surface area contributed by atoms with E-state index in [4.69, 9.17) is 18.0 Å². The Bertz CT molecular complexity index is 723. The highest BCUT2D eigenvalue weighted by atomic mass is 32.1. The van der Waals surface area contributed by atoms with Crippen molar-refractivity contribution in [3.8, 4) is 0 Å². The zero-order valence-corrected chi connectivity index (χ0v) is 13.8. The molecule has 22 heavy (non-hydrogen) atoms. The molecule has 0 spiro atoms. The number of aryl methyl sites for hydroxylation is 1. The topological polar surface area (TPSA) is 79.5 Å². The maximum absolute atomic E-state index is 12.3. The first-order valence-electron chi connectivity index (χ1n) is 6.54. The number of nitrogens with two attached hydrogens (primary N) is 1. The molecule has 7 heteroatoms. The molecule has 0 fully saturated rings. The smallest absolute Gasteiger partial charge is 0.256 e. The van der Waals surface area contributed by atoms with Crippen LogP contribution in [-0.4, -0.2) is 17.2 Å². The van der Waals surface area contributed by atoms with Crippen LogP contribution < -0.4 is 16.5 Å². The molecule has 0 aliphatic carbocycles. The zero-order valence-electron chi connectivity index (χ0n) is 12.2. The number of hydrogen-bond acceptors (Lipinski definition) is 4. The second-order valence-electron chi connectivity index (χ2n) is 4.58. The highest BCUT2D eigenvalue weighted by Gasteiger charge is 2.14. The molecule has 2 aromatic rings. The molecule has 0 saturated carbocycles. The molecule has 0 aliphatic rings. The molecule has 0 aliphatic heterocycles. The summed E-state index contributed by atoms with van der Waals surface area (Å²) in [5, 5.41) is 7.73. The van der Waals surface area contributed by atoms with Gasteiger partial charge in [-0.05, 0) is 43.8 Å². The lowest BCUT2D eigenvalue weighted by molar-refractivity contribution is 0.102. The van der Waals surface area contributed by atoms with Crippen LogP contribution in [0.25, 0.3) is 0 Å². The average molecular weight is 332 g/mol. The largest absolute Gasteiger partial charge is 0.375 e. The third-order valence-corrected chi connectivity index (χ3v) is 4.29. The fourth-order valence-corrected chi connectivity index (χ4v) is 2.90. The molecule has 114 valence electrons. The molecule has 4 N–H and O–H groups in total. The van der Waals surface area contributed by atoms with Gasteiger partial charge in [0.1, 0.15) is 5.00 Å². The van der Waals surface area contributed by atoms with Crippen LogP contribution in [0, 0.1) is 13.8 Å². The number of anilines is 1. The van der Waals surface area contributed by atoms with Crippen LogP contribution in [-0.2, 0) is 0 Å². The number of hydrazone groups is 1. The van der Waals surface area contributed by atoms with Gasteiger partial charge in [0.25, 0.3) is 5.91 Å². The molecule has 0 radical (unpaired) electrons. The first-order valence-corrected chi connectivity index (χ1v) is 7.76.